The number of aromatic nitrogens is 3. The van der Waals surface area contributed by atoms with Crippen molar-refractivity contribution in [1.82, 2.24) is 14.5 Å². The summed E-state index contributed by atoms with van der Waals surface area (Å²) in [5.74, 6) is 0.826. The molecule has 0 fully saturated rings. The number of hydrogen-bond donors (Lipinski definition) is 0. The van der Waals surface area contributed by atoms with Gasteiger partial charge in [0.15, 0.2) is 0 Å². The Morgan fingerprint density at radius 1 is 0.700 bits per heavy atom. The van der Waals surface area contributed by atoms with Crippen LogP contribution < -0.4 is 5.19 Å². The molecule has 1 radical (unpaired) electrons. The maximum Gasteiger partial charge on any atom is 0.120 e. The van der Waals surface area contributed by atoms with E-state index in [2.05, 4.69) is 145 Å². The van der Waals surface area contributed by atoms with Crippen molar-refractivity contribution < 1.29 is 24.5 Å². The third-order valence-corrected chi connectivity index (χ3v) is 11.0. The first kappa shape index (κ1) is 33.4. The number of fused-ring (bicyclic) bond motifs is 5. The van der Waals surface area contributed by atoms with Crippen molar-refractivity contribution in [2.24, 2.45) is 0 Å². The van der Waals surface area contributed by atoms with Gasteiger partial charge in [-0.1, -0.05) is 116 Å². The van der Waals surface area contributed by atoms with Crippen LogP contribution in [-0.2, 0) is 20.1 Å². The maximum atomic E-state index is 6.33. The molecule has 0 spiro atoms. The molecule has 4 nitrogen and oxygen atoms in total. The van der Waals surface area contributed by atoms with Gasteiger partial charge < -0.3 is 14.0 Å². The van der Waals surface area contributed by atoms with Gasteiger partial charge in [-0.25, -0.2) is 0 Å². The molecule has 0 aliphatic carbocycles. The van der Waals surface area contributed by atoms with Crippen LogP contribution in [0, 0.1) is 19.1 Å². The van der Waals surface area contributed by atoms with Crippen molar-refractivity contribution in [2.45, 2.75) is 26.6 Å². The molecule has 3 heterocycles. The molecule has 6 heteroatoms. The number of furan rings is 1. The van der Waals surface area contributed by atoms with Gasteiger partial charge in [0.05, 0.1) is 30.5 Å². The molecule has 0 aliphatic heterocycles. The van der Waals surface area contributed by atoms with E-state index in [4.69, 9.17) is 9.40 Å². The Bertz CT molecular complexity index is 2590. The molecule has 247 valence electrons. The molecule has 3 aromatic heterocycles. The summed E-state index contributed by atoms with van der Waals surface area (Å²) in [5.41, 5.74) is 8.94. The Morgan fingerprint density at radius 2 is 1.46 bits per heavy atom. The Morgan fingerprint density at radius 3 is 2.24 bits per heavy atom. The molecule has 0 atom stereocenters. The van der Waals surface area contributed by atoms with Crippen molar-refractivity contribution in [3.8, 4) is 28.3 Å². The van der Waals surface area contributed by atoms with Gasteiger partial charge in [-0.2, -0.15) is 0 Å². The third-order valence-electron chi connectivity index (χ3n) is 9.00. The molecular weight excluding hydrogens is 807 g/mol. The predicted octanol–water partition coefficient (Wildman–Crippen LogP) is 10.9. The first-order valence-electron chi connectivity index (χ1n) is 16.6. The van der Waals surface area contributed by atoms with Gasteiger partial charge in [-0.15, -0.1) is 53.6 Å². The van der Waals surface area contributed by atoms with Crippen molar-refractivity contribution in [1.29, 1.82) is 0 Å². The SMILES string of the molecule is Cc1c[c-]c(-c2ccc([Si](C)(C)C)cn2)cc1.[Ir].[c-]1ccc2c(oc3ccccc32)c1-c1nc2ccccc2n1-c1cccc2ccccc12. The Labute approximate surface area is 306 Å². The van der Waals surface area contributed by atoms with Gasteiger partial charge in [-0.05, 0) is 40.5 Å². The van der Waals surface area contributed by atoms with Crippen LogP contribution in [0.2, 0.25) is 19.6 Å². The molecule has 0 N–H and O–H groups in total. The quantitative estimate of drug-likeness (QED) is 0.131. The second kappa shape index (κ2) is 13.6. The van der Waals surface area contributed by atoms with Gasteiger partial charge in [0.25, 0.3) is 0 Å². The maximum absolute atomic E-state index is 6.33. The van der Waals surface area contributed by atoms with E-state index in [0.717, 1.165) is 61.3 Å². The number of rotatable bonds is 4. The zero-order chi connectivity index (χ0) is 33.5. The number of hydrogen-bond acceptors (Lipinski definition) is 3. The van der Waals surface area contributed by atoms with Crippen LogP contribution in [0.3, 0.4) is 0 Å². The fraction of sp³-hybridized carbons (Fsp3) is 0.0909. The third kappa shape index (κ3) is 6.22. The number of aryl methyl sites for hydroxylation is 1. The number of imidazole rings is 1. The monoisotopic (exact) mass is 842 g/mol. The van der Waals surface area contributed by atoms with E-state index in [1.165, 1.54) is 21.5 Å². The minimum atomic E-state index is -1.24. The van der Waals surface area contributed by atoms with Gasteiger partial charge in [-0.3, -0.25) is 4.98 Å². The van der Waals surface area contributed by atoms with Crippen LogP contribution in [0.25, 0.3) is 72.1 Å². The Balaban J connectivity index is 0.000000186. The molecule has 9 rings (SSSR count). The molecule has 0 unspecified atom stereocenters. The van der Waals surface area contributed by atoms with E-state index in [1.54, 1.807) is 0 Å². The van der Waals surface area contributed by atoms with E-state index >= 15 is 0 Å². The predicted molar refractivity (Wildman–Crippen MR) is 206 cm³/mol. The minimum Gasteiger partial charge on any atom is -0.501 e. The smallest absolute Gasteiger partial charge is 0.120 e. The van der Waals surface area contributed by atoms with Crippen molar-refractivity contribution in [3.63, 3.8) is 0 Å². The van der Waals surface area contributed by atoms with E-state index in [9.17, 15) is 0 Å². The molecular formula is C44H35IrN3OSi-2. The van der Waals surface area contributed by atoms with Gasteiger partial charge in [0.1, 0.15) is 5.58 Å². The second-order valence-electron chi connectivity index (χ2n) is 13.4. The average Bonchev–Trinajstić information content (AvgIpc) is 3.71. The summed E-state index contributed by atoms with van der Waals surface area (Å²) in [7, 11) is -1.24. The van der Waals surface area contributed by atoms with Crippen LogP contribution in [0.5, 0.6) is 0 Å². The molecule has 0 aliphatic rings. The van der Waals surface area contributed by atoms with E-state index < -0.39 is 8.07 Å². The first-order valence-corrected chi connectivity index (χ1v) is 20.1. The van der Waals surface area contributed by atoms with Gasteiger partial charge in [0, 0.05) is 42.8 Å². The number of para-hydroxylation sites is 3. The largest absolute Gasteiger partial charge is 0.501 e. The summed E-state index contributed by atoms with van der Waals surface area (Å²) >= 11 is 0. The van der Waals surface area contributed by atoms with E-state index in [0.29, 0.717) is 0 Å². The topological polar surface area (TPSA) is 43.9 Å². The molecule has 6 aromatic carbocycles. The molecule has 0 saturated carbocycles. The zero-order valence-electron chi connectivity index (χ0n) is 28.4. The number of benzene rings is 6. The van der Waals surface area contributed by atoms with Crippen molar-refractivity contribution >= 4 is 57.0 Å². The number of nitrogens with zero attached hydrogens (tertiary/aromatic N) is 3. The number of pyridine rings is 1. The fourth-order valence-corrected chi connectivity index (χ4v) is 7.39. The zero-order valence-corrected chi connectivity index (χ0v) is 31.8. The average molecular weight is 842 g/mol. The minimum absolute atomic E-state index is 0. The second-order valence-corrected chi connectivity index (χ2v) is 18.5. The van der Waals surface area contributed by atoms with Crippen LogP contribution in [-0.4, -0.2) is 22.6 Å². The summed E-state index contributed by atoms with van der Waals surface area (Å²) in [4.78, 5) is 9.61. The molecule has 0 saturated heterocycles. The summed E-state index contributed by atoms with van der Waals surface area (Å²) in [6.45, 7) is 9.08. The van der Waals surface area contributed by atoms with Crippen molar-refractivity contribution in [3.05, 3.63) is 157 Å². The van der Waals surface area contributed by atoms with Crippen LogP contribution in [0.4, 0.5) is 0 Å². The fourth-order valence-electron chi connectivity index (χ4n) is 6.36. The molecule has 0 bridgehead atoms. The van der Waals surface area contributed by atoms with Gasteiger partial charge >= 0.3 is 0 Å². The van der Waals surface area contributed by atoms with Gasteiger partial charge in [0.2, 0.25) is 0 Å². The van der Waals surface area contributed by atoms with Crippen LogP contribution in [0.1, 0.15) is 5.56 Å². The molecule has 9 aromatic rings. The Kier molecular flexibility index (Phi) is 9.10. The summed E-state index contributed by atoms with van der Waals surface area (Å²) in [5, 5.41) is 5.95. The van der Waals surface area contributed by atoms with E-state index in [-0.39, 0.29) is 20.1 Å². The van der Waals surface area contributed by atoms with Crippen molar-refractivity contribution in [2.75, 3.05) is 0 Å². The standard InChI is InChI=1S/C29H17N2O.C15H18NSi.Ir/c1-2-11-20-19(9-1)10-7-17-25(20)31-26-16-5-4-15-24(26)30-29(31)23-14-8-13-22-21-12-3-6-18-27(21)32-28(22)23;1-12-5-7-13(8-6-12)15-10-9-14(11-16-15)17(2,3)4;/h1-13,15-18H;5-7,9-11H,1-4H3;/q2*-1;. The van der Waals surface area contributed by atoms with Crippen LogP contribution in [0.15, 0.2) is 144 Å². The normalized spacial score (nSPS) is 11.4. The molecule has 0 amide bonds. The van der Waals surface area contributed by atoms with Crippen LogP contribution >= 0.6 is 0 Å². The summed E-state index contributed by atoms with van der Waals surface area (Å²) < 4.78 is 8.56. The summed E-state index contributed by atoms with van der Waals surface area (Å²) in [6, 6.07) is 52.5. The molecule has 50 heavy (non-hydrogen) atoms. The summed E-state index contributed by atoms with van der Waals surface area (Å²) in [6.07, 6.45) is 2.02. The van der Waals surface area contributed by atoms with E-state index in [1.807, 2.05) is 42.6 Å². The Hall–Kier alpha value is -5.13. The first-order chi connectivity index (χ1) is 23.8.